The summed E-state index contributed by atoms with van der Waals surface area (Å²) in [5, 5.41) is 0. The normalized spacial score (nSPS) is 13.6. The van der Waals surface area contributed by atoms with Crippen LogP contribution in [0.2, 0.25) is 0 Å². The Balaban J connectivity index is 0.000000257. The minimum Gasteiger partial charge on any atom is -0.195 e. The van der Waals surface area contributed by atoms with E-state index in [1.165, 1.54) is 47.5 Å². The molecule has 0 atom stereocenters. The van der Waals surface area contributed by atoms with Gasteiger partial charge in [0.15, 0.2) is 0 Å². The van der Waals surface area contributed by atoms with Crippen LogP contribution in [0.1, 0.15) is 25.7 Å². The largest absolute Gasteiger partial charge is 0.195 e. The van der Waals surface area contributed by atoms with Crippen molar-refractivity contribution < 1.29 is 0 Å². The van der Waals surface area contributed by atoms with Crippen molar-refractivity contribution in [1.82, 2.24) is 0 Å². The molecule has 0 bridgehead atoms. The van der Waals surface area contributed by atoms with E-state index < -0.39 is 6.15 Å². The summed E-state index contributed by atoms with van der Waals surface area (Å²) in [6, 6.07) is 43.5. The van der Waals surface area contributed by atoms with Gasteiger partial charge in [0.2, 0.25) is 0 Å². The van der Waals surface area contributed by atoms with Crippen LogP contribution in [0.25, 0.3) is 0 Å². The van der Waals surface area contributed by atoms with Gasteiger partial charge in [0.25, 0.3) is 0 Å². The van der Waals surface area contributed by atoms with E-state index >= 15 is 0 Å². The average Bonchev–Trinajstić information content (AvgIpc) is 2.93. The lowest BCUT2D eigenvalue weighted by Crippen LogP contribution is -2.74. The summed E-state index contributed by atoms with van der Waals surface area (Å²) in [4.78, 5) is 1.71. The molecule has 0 spiro atoms. The third-order valence-corrected chi connectivity index (χ3v) is 8.39. The van der Waals surface area contributed by atoms with E-state index in [9.17, 15) is 0 Å². The SMILES string of the molecule is C[S+](C)C1=CCCCC1.c1ccc([B-](c2ccccc2)(c2ccccc2)c2ccccc2)cc1. The van der Waals surface area contributed by atoms with Gasteiger partial charge in [-0.05, 0) is 25.3 Å². The van der Waals surface area contributed by atoms with E-state index in [1.54, 1.807) is 4.91 Å². The van der Waals surface area contributed by atoms with Crippen LogP contribution >= 0.6 is 0 Å². The van der Waals surface area contributed by atoms with Crippen molar-refractivity contribution in [2.45, 2.75) is 25.7 Å². The molecule has 0 saturated heterocycles. The van der Waals surface area contributed by atoms with Crippen molar-refractivity contribution in [2.75, 3.05) is 12.5 Å². The topological polar surface area (TPSA) is 0 Å². The predicted molar refractivity (Wildman–Crippen MR) is 156 cm³/mol. The van der Waals surface area contributed by atoms with Gasteiger partial charge in [-0.15, -0.1) is 0 Å². The molecule has 0 unspecified atom stereocenters. The number of hydrogen-bond donors (Lipinski definition) is 0. The van der Waals surface area contributed by atoms with Crippen LogP contribution in [-0.4, -0.2) is 18.7 Å². The van der Waals surface area contributed by atoms with Crippen molar-refractivity contribution in [2.24, 2.45) is 0 Å². The Morgan fingerprint density at radius 1 is 0.500 bits per heavy atom. The van der Waals surface area contributed by atoms with Crippen molar-refractivity contribution in [3.8, 4) is 0 Å². The Labute approximate surface area is 209 Å². The fourth-order valence-corrected chi connectivity index (χ4v) is 6.30. The highest BCUT2D eigenvalue weighted by molar-refractivity contribution is 7.99. The highest BCUT2D eigenvalue weighted by atomic mass is 32.2. The first-order valence-electron chi connectivity index (χ1n) is 12.4. The highest BCUT2D eigenvalue weighted by Crippen LogP contribution is 2.21. The standard InChI is InChI=1S/C24H20B.C8H15S/c1-5-13-21(14-6-1)25(22-15-7-2-8-16-22,23-17-9-3-10-18-23)24-19-11-4-12-20-24;1-9(2)8-6-4-3-5-7-8/h1-20H;6H,3-5,7H2,1-2H3/q-1;+1. The van der Waals surface area contributed by atoms with E-state index in [4.69, 9.17) is 0 Å². The lowest BCUT2D eigenvalue weighted by atomic mass is 9.13. The first-order chi connectivity index (χ1) is 16.7. The Morgan fingerprint density at radius 2 is 0.853 bits per heavy atom. The average molecular weight is 463 g/mol. The second-order valence-electron chi connectivity index (χ2n) is 9.24. The van der Waals surface area contributed by atoms with Gasteiger partial charge in [0.1, 0.15) is 23.6 Å². The number of allylic oxidation sites excluding steroid dienone is 2. The van der Waals surface area contributed by atoms with Crippen molar-refractivity contribution in [3.63, 3.8) is 0 Å². The fourth-order valence-electron chi connectivity index (χ4n) is 5.30. The van der Waals surface area contributed by atoms with E-state index in [2.05, 4.69) is 140 Å². The number of hydrogen-bond acceptors (Lipinski definition) is 0. The van der Waals surface area contributed by atoms with E-state index in [1.807, 2.05) is 0 Å². The molecule has 2 heteroatoms. The molecule has 4 aromatic rings. The quantitative estimate of drug-likeness (QED) is 0.276. The second-order valence-corrected chi connectivity index (χ2v) is 11.4. The van der Waals surface area contributed by atoms with Crippen LogP contribution in [0, 0.1) is 0 Å². The minimum atomic E-state index is -1.22. The predicted octanol–water partition coefficient (Wildman–Crippen LogP) is 5.39. The Morgan fingerprint density at radius 3 is 1.09 bits per heavy atom. The molecule has 1 aliphatic rings. The Hall–Kier alpha value is -2.97. The molecule has 0 fully saturated rings. The van der Waals surface area contributed by atoms with Crippen LogP contribution in [0.15, 0.2) is 132 Å². The monoisotopic (exact) mass is 462 g/mol. The summed E-state index contributed by atoms with van der Waals surface area (Å²) < 4.78 is 0. The molecule has 0 aliphatic heterocycles. The maximum Gasteiger partial charge on any atom is 0.127 e. The van der Waals surface area contributed by atoms with Crippen LogP contribution < -0.4 is 21.9 Å². The number of rotatable bonds is 5. The van der Waals surface area contributed by atoms with Crippen molar-refractivity contribution >= 4 is 38.9 Å². The summed E-state index contributed by atoms with van der Waals surface area (Å²) in [6.07, 6.45) is 11.4. The van der Waals surface area contributed by atoms with Crippen LogP contribution in [0.5, 0.6) is 0 Å². The molecule has 0 amide bonds. The Kier molecular flexibility index (Phi) is 8.49. The first kappa shape index (κ1) is 24.2. The van der Waals surface area contributed by atoms with E-state index in [0.717, 1.165) is 0 Å². The van der Waals surface area contributed by atoms with E-state index in [0.29, 0.717) is 10.9 Å². The third-order valence-electron chi connectivity index (χ3n) is 6.97. The smallest absolute Gasteiger partial charge is 0.127 e. The van der Waals surface area contributed by atoms with Crippen LogP contribution in [0.4, 0.5) is 0 Å². The van der Waals surface area contributed by atoms with Gasteiger partial charge >= 0.3 is 0 Å². The minimum absolute atomic E-state index is 0.559. The third kappa shape index (κ3) is 5.40. The molecule has 172 valence electrons. The molecule has 34 heavy (non-hydrogen) atoms. The fraction of sp³-hybridized carbons (Fsp3) is 0.188. The lowest BCUT2D eigenvalue weighted by molar-refractivity contribution is 0.722. The molecule has 4 aromatic carbocycles. The molecule has 0 aromatic heterocycles. The van der Waals surface area contributed by atoms with Crippen molar-refractivity contribution in [3.05, 3.63) is 132 Å². The Bertz CT molecular complexity index is 989. The summed E-state index contributed by atoms with van der Waals surface area (Å²) >= 11 is 0. The molecule has 0 heterocycles. The maximum absolute atomic E-state index is 2.44. The van der Waals surface area contributed by atoms with Gasteiger partial charge in [-0.2, -0.15) is 21.9 Å². The van der Waals surface area contributed by atoms with Gasteiger partial charge in [0, 0.05) is 17.3 Å². The molecule has 0 nitrogen and oxygen atoms in total. The van der Waals surface area contributed by atoms with Gasteiger partial charge in [-0.3, -0.25) is 0 Å². The van der Waals surface area contributed by atoms with Gasteiger partial charge in [0.05, 0.1) is 0 Å². The van der Waals surface area contributed by atoms with E-state index in [-0.39, 0.29) is 0 Å². The highest BCUT2D eigenvalue weighted by Gasteiger charge is 2.31. The zero-order valence-electron chi connectivity index (χ0n) is 20.4. The zero-order chi connectivity index (χ0) is 23.6. The molecule has 0 N–H and O–H groups in total. The van der Waals surface area contributed by atoms with Crippen molar-refractivity contribution in [1.29, 1.82) is 0 Å². The second kappa shape index (κ2) is 11.9. The van der Waals surface area contributed by atoms with Crippen LogP contribution in [0.3, 0.4) is 0 Å². The van der Waals surface area contributed by atoms with Gasteiger partial charge in [-0.25, -0.2) is 0 Å². The maximum atomic E-state index is 2.44. The summed E-state index contributed by atoms with van der Waals surface area (Å²) in [5.74, 6) is 0. The lowest BCUT2D eigenvalue weighted by Gasteiger charge is -2.44. The summed E-state index contributed by atoms with van der Waals surface area (Å²) in [6.45, 7) is 0. The van der Waals surface area contributed by atoms with Gasteiger partial charge in [-0.1, -0.05) is 121 Å². The molecule has 1 aliphatic carbocycles. The molecule has 5 rings (SSSR count). The zero-order valence-corrected chi connectivity index (χ0v) is 21.3. The summed E-state index contributed by atoms with van der Waals surface area (Å²) in [5.41, 5.74) is 5.36. The summed E-state index contributed by atoms with van der Waals surface area (Å²) in [7, 11) is 0.559. The number of benzene rings is 4. The molecule has 0 saturated carbocycles. The molecular formula is C32H35BS. The molecule has 0 radical (unpaired) electrons. The first-order valence-corrected chi connectivity index (χ1v) is 14.4. The van der Waals surface area contributed by atoms with Gasteiger partial charge < -0.3 is 0 Å². The molecular weight excluding hydrogens is 427 g/mol. The van der Waals surface area contributed by atoms with Crippen LogP contribution in [-0.2, 0) is 10.9 Å².